The van der Waals surface area contributed by atoms with Gasteiger partial charge in [-0.2, -0.15) is 4.98 Å². The van der Waals surface area contributed by atoms with E-state index in [-0.39, 0.29) is 11.7 Å². The number of H-pyrrole nitrogens is 1. The Labute approximate surface area is 162 Å². The molecule has 2 heterocycles. The van der Waals surface area contributed by atoms with Gasteiger partial charge in [0, 0.05) is 18.0 Å². The second-order valence-corrected chi connectivity index (χ2v) is 6.99. The largest absolute Gasteiger partial charge is 0.497 e. The quantitative estimate of drug-likeness (QED) is 0.552. The highest BCUT2D eigenvalue weighted by molar-refractivity contribution is 5.80. The lowest BCUT2D eigenvalue weighted by atomic mass is 10.1. The van der Waals surface area contributed by atoms with Gasteiger partial charge in [-0.3, -0.25) is 4.57 Å². The number of nitrogens with one attached hydrogen (secondary N) is 1. The van der Waals surface area contributed by atoms with Crippen LogP contribution in [-0.4, -0.2) is 26.8 Å². The molecule has 0 spiro atoms. The summed E-state index contributed by atoms with van der Waals surface area (Å²) in [5.74, 6) is 1.94. The zero-order valence-corrected chi connectivity index (χ0v) is 16.1. The molecule has 0 atom stereocenters. The maximum atomic E-state index is 12.1. The summed E-state index contributed by atoms with van der Waals surface area (Å²) in [6.45, 7) is 3.97. The third-order valence-electron chi connectivity index (χ3n) is 4.75. The number of nitrogens with zero attached hydrogens (tertiary/aromatic N) is 3. The third-order valence-corrected chi connectivity index (χ3v) is 4.75. The molecular formula is C21H22N4O3. The minimum absolute atomic E-state index is 0.0850. The number of imidazole rings is 1. The number of benzene rings is 2. The lowest BCUT2D eigenvalue weighted by molar-refractivity contribution is 0.379. The number of aryl methyl sites for hydroxylation is 2. The smallest absolute Gasteiger partial charge is 0.326 e. The Balaban J connectivity index is 1.52. The number of ether oxygens (including phenoxy) is 1. The van der Waals surface area contributed by atoms with Crippen molar-refractivity contribution in [3.05, 3.63) is 64.4 Å². The summed E-state index contributed by atoms with van der Waals surface area (Å²) < 4.78 is 12.3. The maximum absolute atomic E-state index is 12.1. The van der Waals surface area contributed by atoms with Crippen LogP contribution in [0, 0.1) is 0 Å². The average molecular weight is 378 g/mol. The van der Waals surface area contributed by atoms with E-state index in [9.17, 15) is 4.79 Å². The Morgan fingerprint density at radius 1 is 1.14 bits per heavy atom. The highest BCUT2D eigenvalue weighted by atomic mass is 16.5. The molecule has 4 rings (SSSR count). The van der Waals surface area contributed by atoms with Gasteiger partial charge in [0.2, 0.25) is 11.7 Å². The van der Waals surface area contributed by atoms with Crippen molar-refractivity contribution in [3.8, 4) is 17.1 Å². The van der Waals surface area contributed by atoms with Gasteiger partial charge in [0.25, 0.3) is 0 Å². The van der Waals surface area contributed by atoms with Crippen LogP contribution in [0.4, 0.5) is 0 Å². The molecule has 28 heavy (non-hydrogen) atoms. The number of hydrogen-bond acceptors (Lipinski definition) is 5. The lowest BCUT2D eigenvalue weighted by Crippen LogP contribution is -2.18. The summed E-state index contributed by atoms with van der Waals surface area (Å²) >= 11 is 0. The van der Waals surface area contributed by atoms with Crippen molar-refractivity contribution in [1.82, 2.24) is 19.7 Å². The fourth-order valence-corrected chi connectivity index (χ4v) is 3.30. The molecule has 0 radical (unpaired) electrons. The Hall–Kier alpha value is -3.35. The second-order valence-electron chi connectivity index (χ2n) is 6.99. The Morgan fingerprint density at radius 3 is 2.64 bits per heavy atom. The molecule has 0 aliphatic carbocycles. The van der Waals surface area contributed by atoms with Crippen molar-refractivity contribution in [2.24, 2.45) is 0 Å². The van der Waals surface area contributed by atoms with Crippen LogP contribution in [-0.2, 0) is 12.8 Å². The first-order valence-corrected chi connectivity index (χ1v) is 9.25. The van der Waals surface area contributed by atoms with Gasteiger partial charge in [0.15, 0.2) is 0 Å². The predicted molar refractivity (Wildman–Crippen MR) is 107 cm³/mol. The SMILES string of the molecule is COc1ccc(CCc2nc(-c3ccc4c(c3)[nH]c(=O)n4C(C)C)no2)cc1. The third kappa shape index (κ3) is 3.43. The fourth-order valence-electron chi connectivity index (χ4n) is 3.30. The topological polar surface area (TPSA) is 85.9 Å². The summed E-state index contributed by atoms with van der Waals surface area (Å²) in [7, 11) is 1.65. The van der Waals surface area contributed by atoms with Gasteiger partial charge in [-0.25, -0.2) is 4.79 Å². The van der Waals surface area contributed by atoms with E-state index in [2.05, 4.69) is 15.1 Å². The zero-order valence-electron chi connectivity index (χ0n) is 16.1. The first kappa shape index (κ1) is 18.0. The van der Waals surface area contributed by atoms with E-state index in [0.717, 1.165) is 28.8 Å². The summed E-state index contributed by atoms with van der Waals surface area (Å²) in [5.41, 5.74) is 3.50. The zero-order chi connectivity index (χ0) is 19.7. The van der Waals surface area contributed by atoms with Gasteiger partial charge in [-0.05, 0) is 56.2 Å². The molecule has 2 aromatic heterocycles. The average Bonchev–Trinajstić information content (AvgIpc) is 3.29. The number of hydrogen-bond donors (Lipinski definition) is 1. The van der Waals surface area contributed by atoms with Crippen LogP contribution in [0.25, 0.3) is 22.4 Å². The summed E-state index contributed by atoms with van der Waals surface area (Å²) in [6.07, 6.45) is 1.46. The molecule has 0 aliphatic rings. The van der Waals surface area contributed by atoms with Crippen molar-refractivity contribution < 1.29 is 9.26 Å². The van der Waals surface area contributed by atoms with Gasteiger partial charge < -0.3 is 14.2 Å². The Morgan fingerprint density at radius 2 is 1.93 bits per heavy atom. The first-order chi connectivity index (χ1) is 13.5. The van der Waals surface area contributed by atoms with E-state index < -0.39 is 0 Å². The first-order valence-electron chi connectivity index (χ1n) is 9.25. The molecule has 144 valence electrons. The summed E-state index contributed by atoms with van der Waals surface area (Å²) in [4.78, 5) is 19.5. The van der Waals surface area contributed by atoms with E-state index in [1.54, 1.807) is 11.7 Å². The number of fused-ring (bicyclic) bond motifs is 1. The second kappa shape index (κ2) is 7.34. The number of rotatable bonds is 6. The van der Waals surface area contributed by atoms with Crippen molar-refractivity contribution in [2.45, 2.75) is 32.7 Å². The highest BCUT2D eigenvalue weighted by Gasteiger charge is 2.13. The van der Waals surface area contributed by atoms with Crippen molar-refractivity contribution >= 4 is 11.0 Å². The molecule has 7 heteroatoms. The van der Waals surface area contributed by atoms with Crippen LogP contribution < -0.4 is 10.4 Å². The molecule has 4 aromatic rings. The molecule has 1 N–H and O–H groups in total. The molecule has 0 amide bonds. The van der Waals surface area contributed by atoms with Crippen molar-refractivity contribution in [1.29, 1.82) is 0 Å². The van der Waals surface area contributed by atoms with Gasteiger partial charge in [-0.15, -0.1) is 0 Å². The number of methoxy groups -OCH3 is 1. The van der Waals surface area contributed by atoms with Gasteiger partial charge in [0.05, 0.1) is 18.1 Å². The monoisotopic (exact) mass is 378 g/mol. The molecule has 2 aromatic carbocycles. The van der Waals surface area contributed by atoms with E-state index in [1.165, 1.54) is 5.56 Å². The van der Waals surface area contributed by atoms with Crippen LogP contribution in [0.5, 0.6) is 5.75 Å². The molecule has 0 bridgehead atoms. The molecule has 0 fully saturated rings. The van der Waals surface area contributed by atoms with Gasteiger partial charge in [-0.1, -0.05) is 17.3 Å². The highest BCUT2D eigenvalue weighted by Crippen LogP contribution is 2.22. The minimum Gasteiger partial charge on any atom is -0.497 e. The number of aromatic amines is 1. The standard InChI is InChI=1S/C21H22N4O3/c1-13(2)25-18-10-7-15(12-17(18)22-21(25)26)20-23-19(28-24-20)11-6-14-4-8-16(27-3)9-5-14/h4-5,7-10,12-13H,6,11H2,1-3H3,(H,22,26). The summed E-state index contributed by atoms with van der Waals surface area (Å²) in [6, 6.07) is 13.7. The van der Waals surface area contributed by atoms with Crippen LogP contribution >= 0.6 is 0 Å². The van der Waals surface area contributed by atoms with Crippen LogP contribution in [0.2, 0.25) is 0 Å². The molecule has 0 aliphatic heterocycles. The van der Waals surface area contributed by atoms with Crippen LogP contribution in [0.3, 0.4) is 0 Å². The number of aromatic nitrogens is 4. The fraction of sp³-hybridized carbons (Fsp3) is 0.286. The predicted octanol–water partition coefficient (Wildman–Crippen LogP) is 3.75. The van der Waals surface area contributed by atoms with E-state index in [4.69, 9.17) is 9.26 Å². The minimum atomic E-state index is -0.115. The molecule has 7 nitrogen and oxygen atoms in total. The summed E-state index contributed by atoms with van der Waals surface area (Å²) in [5, 5.41) is 4.09. The molecule has 0 unspecified atom stereocenters. The van der Waals surface area contributed by atoms with E-state index >= 15 is 0 Å². The van der Waals surface area contributed by atoms with E-state index in [1.807, 2.05) is 56.3 Å². The van der Waals surface area contributed by atoms with Crippen LogP contribution in [0.1, 0.15) is 31.3 Å². The lowest BCUT2D eigenvalue weighted by Gasteiger charge is -2.06. The Kier molecular flexibility index (Phi) is 4.73. The van der Waals surface area contributed by atoms with Crippen LogP contribution in [0.15, 0.2) is 51.8 Å². The van der Waals surface area contributed by atoms with Crippen molar-refractivity contribution in [2.75, 3.05) is 7.11 Å². The molecule has 0 saturated carbocycles. The van der Waals surface area contributed by atoms with Gasteiger partial charge >= 0.3 is 5.69 Å². The Bertz CT molecular complexity index is 1150. The normalized spacial score (nSPS) is 11.4. The maximum Gasteiger partial charge on any atom is 0.326 e. The van der Waals surface area contributed by atoms with E-state index in [0.29, 0.717) is 18.1 Å². The molecular weight excluding hydrogens is 356 g/mol. The molecule has 0 saturated heterocycles. The van der Waals surface area contributed by atoms with Gasteiger partial charge in [0.1, 0.15) is 5.75 Å². The van der Waals surface area contributed by atoms with Crippen molar-refractivity contribution in [3.63, 3.8) is 0 Å².